The molecule has 2 fully saturated rings. The molecule has 2 saturated heterocycles. The van der Waals surface area contributed by atoms with Gasteiger partial charge in [-0.2, -0.15) is 0 Å². The van der Waals surface area contributed by atoms with E-state index in [2.05, 4.69) is 5.32 Å². The van der Waals surface area contributed by atoms with Crippen molar-refractivity contribution in [2.45, 2.75) is 46.1 Å². The van der Waals surface area contributed by atoms with Gasteiger partial charge < -0.3 is 19.9 Å². The van der Waals surface area contributed by atoms with E-state index in [4.69, 9.17) is 4.74 Å². The Morgan fingerprint density at radius 1 is 1.24 bits per heavy atom. The van der Waals surface area contributed by atoms with E-state index in [0.717, 1.165) is 19.4 Å². The lowest BCUT2D eigenvalue weighted by Gasteiger charge is -2.35. The van der Waals surface area contributed by atoms with E-state index < -0.39 is 0 Å². The number of nitrogens with one attached hydrogen (secondary N) is 1. The summed E-state index contributed by atoms with van der Waals surface area (Å²) < 4.78 is 5.23. The summed E-state index contributed by atoms with van der Waals surface area (Å²) in [6.07, 6.45) is 2.06. The maximum Gasteiger partial charge on any atom is 0.306 e. The Labute approximate surface area is 150 Å². The van der Waals surface area contributed by atoms with Crippen LogP contribution in [-0.4, -0.2) is 73.0 Å². The lowest BCUT2D eigenvalue weighted by Crippen LogP contribution is -2.56. The molecular formula is C18H31N3O4. The van der Waals surface area contributed by atoms with E-state index in [1.54, 1.807) is 4.90 Å². The molecule has 0 bridgehead atoms. The summed E-state index contributed by atoms with van der Waals surface area (Å²) in [6.45, 7) is 9.08. The number of hydrogen-bond donors (Lipinski definition) is 1. The lowest BCUT2D eigenvalue weighted by atomic mass is 9.93. The van der Waals surface area contributed by atoms with Crippen LogP contribution in [0.15, 0.2) is 0 Å². The Morgan fingerprint density at radius 2 is 1.92 bits per heavy atom. The Morgan fingerprint density at radius 3 is 2.56 bits per heavy atom. The molecule has 0 radical (unpaired) electrons. The quantitative estimate of drug-likeness (QED) is 0.709. The standard InChI is InChI=1S/C18H31N3O4/c1-13(2)12-25-17(23)10-15-4-7-20(8-5-15)16(22)11-21-9-6-19-14(3)18(21)24/h13-15,19H,4-12H2,1-3H3. The van der Waals surface area contributed by atoms with Gasteiger partial charge in [0.25, 0.3) is 0 Å². The van der Waals surface area contributed by atoms with Crippen LogP contribution >= 0.6 is 0 Å². The van der Waals surface area contributed by atoms with E-state index in [0.29, 0.717) is 38.6 Å². The van der Waals surface area contributed by atoms with Crippen LogP contribution in [0.3, 0.4) is 0 Å². The van der Waals surface area contributed by atoms with Crippen molar-refractivity contribution in [3.05, 3.63) is 0 Å². The van der Waals surface area contributed by atoms with Gasteiger partial charge in [-0.15, -0.1) is 0 Å². The Hall–Kier alpha value is -1.63. The number of piperidine rings is 1. The molecule has 25 heavy (non-hydrogen) atoms. The summed E-state index contributed by atoms with van der Waals surface area (Å²) >= 11 is 0. The van der Waals surface area contributed by atoms with Gasteiger partial charge in [-0.1, -0.05) is 13.8 Å². The third-order valence-corrected chi connectivity index (χ3v) is 4.84. The second kappa shape index (κ2) is 9.17. The number of hydrogen-bond acceptors (Lipinski definition) is 5. The Bertz CT molecular complexity index is 487. The topological polar surface area (TPSA) is 79.0 Å². The Balaban J connectivity index is 1.71. The van der Waals surface area contributed by atoms with Crippen molar-refractivity contribution in [1.29, 1.82) is 0 Å². The summed E-state index contributed by atoms with van der Waals surface area (Å²) in [5.41, 5.74) is 0. The van der Waals surface area contributed by atoms with Crippen LogP contribution in [0.25, 0.3) is 0 Å². The molecular weight excluding hydrogens is 322 g/mol. The van der Waals surface area contributed by atoms with Crippen molar-refractivity contribution in [3.63, 3.8) is 0 Å². The van der Waals surface area contributed by atoms with Crippen LogP contribution in [-0.2, 0) is 19.1 Å². The summed E-state index contributed by atoms with van der Waals surface area (Å²) in [6, 6.07) is -0.218. The normalized spacial score (nSPS) is 22.4. The summed E-state index contributed by atoms with van der Waals surface area (Å²) in [4.78, 5) is 39.8. The molecule has 7 nitrogen and oxygen atoms in total. The van der Waals surface area contributed by atoms with E-state index >= 15 is 0 Å². The van der Waals surface area contributed by atoms with Gasteiger partial charge in [0.05, 0.1) is 19.2 Å². The maximum atomic E-state index is 12.4. The maximum absolute atomic E-state index is 12.4. The number of ether oxygens (including phenoxy) is 1. The summed E-state index contributed by atoms with van der Waals surface area (Å²) in [5.74, 6) is 0.480. The van der Waals surface area contributed by atoms with E-state index in [1.807, 2.05) is 25.7 Å². The molecule has 2 heterocycles. The predicted octanol–water partition coefficient (Wildman–Crippen LogP) is 0.635. The highest BCUT2D eigenvalue weighted by Gasteiger charge is 2.30. The highest BCUT2D eigenvalue weighted by atomic mass is 16.5. The zero-order valence-corrected chi connectivity index (χ0v) is 15.6. The van der Waals surface area contributed by atoms with Gasteiger partial charge in [0.15, 0.2) is 0 Å². The molecule has 0 aromatic carbocycles. The number of amides is 2. The zero-order valence-electron chi connectivity index (χ0n) is 15.6. The molecule has 0 aromatic heterocycles. The Kier molecular flexibility index (Phi) is 7.23. The van der Waals surface area contributed by atoms with Gasteiger partial charge in [-0.05, 0) is 31.6 Å². The third-order valence-electron chi connectivity index (χ3n) is 4.84. The van der Waals surface area contributed by atoms with Crippen LogP contribution in [0.4, 0.5) is 0 Å². The van der Waals surface area contributed by atoms with Crippen molar-refractivity contribution < 1.29 is 19.1 Å². The SMILES string of the molecule is CC(C)COC(=O)CC1CCN(C(=O)CN2CCNC(C)C2=O)CC1. The number of rotatable bonds is 6. The van der Waals surface area contributed by atoms with E-state index in [9.17, 15) is 14.4 Å². The highest BCUT2D eigenvalue weighted by Crippen LogP contribution is 2.21. The minimum atomic E-state index is -0.218. The van der Waals surface area contributed by atoms with E-state index in [-0.39, 0.29) is 36.3 Å². The second-order valence-electron chi connectivity index (χ2n) is 7.54. The second-order valence-corrected chi connectivity index (χ2v) is 7.54. The molecule has 2 aliphatic heterocycles. The number of carbonyl (C=O) groups excluding carboxylic acids is 3. The molecule has 2 aliphatic rings. The molecule has 0 aliphatic carbocycles. The minimum absolute atomic E-state index is 0.00304. The van der Waals surface area contributed by atoms with Gasteiger partial charge in [0.2, 0.25) is 11.8 Å². The van der Waals surface area contributed by atoms with Crippen LogP contribution in [0.2, 0.25) is 0 Å². The average molecular weight is 353 g/mol. The largest absolute Gasteiger partial charge is 0.465 e. The average Bonchev–Trinajstić information content (AvgIpc) is 2.58. The fraction of sp³-hybridized carbons (Fsp3) is 0.833. The first-order valence-electron chi connectivity index (χ1n) is 9.32. The molecule has 0 aromatic rings. The van der Waals surface area contributed by atoms with Crippen molar-refractivity contribution in [2.24, 2.45) is 11.8 Å². The van der Waals surface area contributed by atoms with Crippen molar-refractivity contribution in [3.8, 4) is 0 Å². The van der Waals surface area contributed by atoms with E-state index in [1.165, 1.54) is 0 Å². The van der Waals surface area contributed by atoms with Crippen LogP contribution in [0.5, 0.6) is 0 Å². The number of carbonyl (C=O) groups is 3. The van der Waals surface area contributed by atoms with Gasteiger partial charge >= 0.3 is 5.97 Å². The first-order chi connectivity index (χ1) is 11.9. The molecule has 2 rings (SSSR count). The molecule has 2 amide bonds. The first-order valence-corrected chi connectivity index (χ1v) is 9.32. The number of piperazine rings is 1. The van der Waals surface area contributed by atoms with Gasteiger partial charge in [0, 0.05) is 32.6 Å². The molecule has 1 unspecified atom stereocenters. The fourth-order valence-electron chi connectivity index (χ4n) is 3.25. The van der Waals surface area contributed by atoms with Crippen LogP contribution in [0.1, 0.15) is 40.0 Å². The molecule has 142 valence electrons. The summed E-state index contributed by atoms with van der Waals surface area (Å²) in [5, 5.41) is 3.10. The van der Waals surface area contributed by atoms with Gasteiger partial charge in [0.1, 0.15) is 0 Å². The predicted molar refractivity (Wildman–Crippen MR) is 93.8 cm³/mol. The van der Waals surface area contributed by atoms with Crippen LogP contribution in [0, 0.1) is 11.8 Å². The lowest BCUT2D eigenvalue weighted by molar-refractivity contribution is -0.147. The molecule has 0 saturated carbocycles. The van der Waals surface area contributed by atoms with Crippen LogP contribution < -0.4 is 5.32 Å². The zero-order chi connectivity index (χ0) is 18.4. The molecule has 7 heteroatoms. The van der Waals surface area contributed by atoms with Crippen molar-refractivity contribution in [1.82, 2.24) is 15.1 Å². The van der Waals surface area contributed by atoms with Crippen molar-refractivity contribution >= 4 is 17.8 Å². The third kappa shape index (κ3) is 5.99. The van der Waals surface area contributed by atoms with Crippen molar-refractivity contribution in [2.75, 3.05) is 39.3 Å². The fourth-order valence-corrected chi connectivity index (χ4v) is 3.25. The number of nitrogens with zero attached hydrogens (tertiary/aromatic N) is 2. The molecule has 0 spiro atoms. The molecule has 1 N–H and O–H groups in total. The molecule has 1 atom stereocenters. The van der Waals surface area contributed by atoms with Gasteiger partial charge in [-0.3, -0.25) is 14.4 Å². The highest BCUT2D eigenvalue weighted by molar-refractivity contribution is 5.87. The summed E-state index contributed by atoms with van der Waals surface area (Å²) in [7, 11) is 0. The number of likely N-dealkylation sites (tertiary alicyclic amines) is 1. The smallest absolute Gasteiger partial charge is 0.306 e. The first kappa shape index (κ1) is 19.7. The monoisotopic (exact) mass is 353 g/mol. The minimum Gasteiger partial charge on any atom is -0.465 e. The number of esters is 1. The van der Waals surface area contributed by atoms with Gasteiger partial charge in [-0.25, -0.2) is 0 Å².